The highest BCUT2D eigenvalue weighted by molar-refractivity contribution is 6.31. The van der Waals surface area contributed by atoms with Gasteiger partial charge < -0.3 is 5.32 Å². The summed E-state index contributed by atoms with van der Waals surface area (Å²) in [4.78, 5) is 11.9. The number of amides is 1. The summed E-state index contributed by atoms with van der Waals surface area (Å²) in [7, 11) is 0. The quantitative estimate of drug-likeness (QED) is 0.882. The molecule has 1 amide bonds. The number of rotatable bonds is 5. The zero-order chi connectivity index (χ0) is 13.7. The van der Waals surface area contributed by atoms with Crippen LogP contribution in [0.5, 0.6) is 0 Å². The summed E-state index contributed by atoms with van der Waals surface area (Å²) < 4.78 is 0. The monoisotopic (exact) mass is 277 g/mol. The first kappa shape index (κ1) is 13.6. The van der Waals surface area contributed by atoms with Gasteiger partial charge in [-0.15, -0.1) is 0 Å². The summed E-state index contributed by atoms with van der Waals surface area (Å²) in [6.45, 7) is 2.09. The predicted molar refractivity (Wildman–Crippen MR) is 76.4 cm³/mol. The molecule has 0 spiro atoms. The molecule has 100 valence electrons. The Kier molecular flexibility index (Phi) is 4.58. The molecule has 19 heavy (non-hydrogen) atoms. The van der Waals surface area contributed by atoms with Crippen LogP contribution in [0.25, 0.3) is 0 Å². The number of halogens is 1. The molecule has 0 aliphatic carbocycles. The van der Waals surface area contributed by atoms with Gasteiger partial charge in [0.1, 0.15) is 0 Å². The lowest BCUT2D eigenvalue weighted by molar-refractivity contribution is -0.115. The van der Waals surface area contributed by atoms with Gasteiger partial charge in [0.25, 0.3) is 0 Å². The van der Waals surface area contributed by atoms with Crippen molar-refractivity contribution in [3.8, 4) is 0 Å². The van der Waals surface area contributed by atoms with Gasteiger partial charge in [0.2, 0.25) is 5.91 Å². The van der Waals surface area contributed by atoms with E-state index in [4.69, 9.17) is 11.6 Å². The van der Waals surface area contributed by atoms with Gasteiger partial charge in [-0.05, 0) is 18.1 Å². The molecule has 0 aliphatic heterocycles. The van der Waals surface area contributed by atoms with Crippen LogP contribution in [0.15, 0.2) is 30.3 Å². The first-order valence-electron chi connectivity index (χ1n) is 6.26. The van der Waals surface area contributed by atoms with E-state index in [2.05, 4.69) is 22.4 Å². The lowest BCUT2D eigenvalue weighted by Crippen LogP contribution is -2.14. The maximum Gasteiger partial charge on any atom is 0.230 e. The molecule has 2 N–H and O–H groups in total. The van der Waals surface area contributed by atoms with Crippen molar-refractivity contribution < 1.29 is 4.79 Å². The second-order valence-electron chi connectivity index (χ2n) is 4.34. The van der Waals surface area contributed by atoms with Crippen molar-refractivity contribution in [2.45, 2.75) is 26.2 Å². The van der Waals surface area contributed by atoms with Crippen molar-refractivity contribution in [2.24, 2.45) is 0 Å². The third-order valence-corrected chi connectivity index (χ3v) is 3.10. The smallest absolute Gasteiger partial charge is 0.230 e. The highest BCUT2D eigenvalue weighted by Gasteiger charge is 2.08. The highest BCUT2D eigenvalue weighted by atomic mass is 35.5. The number of aromatic nitrogens is 2. The third-order valence-electron chi connectivity index (χ3n) is 2.73. The van der Waals surface area contributed by atoms with Crippen LogP contribution in [0.1, 0.15) is 24.6 Å². The van der Waals surface area contributed by atoms with Crippen LogP contribution >= 0.6 is 11.6 Å². The number of aryl methyl sites for hydroxylation is 1. The Bertz CT molecular complexity index is 565. The standard InChI is InChI=1S/C14H16ClN3O/c1-2-5-11-9-13(18-17-11)16-14(19)8-10-6-3-4-7-12(10)15/h3-4,6-7,9H,2,5,8H2,1H3,(H2,16,17,18,19). The molecule has 2 rings (SSSR count). The van der Waals surface area contributed by atoms with Crippen molar-refractivity contribution in [1.29, 1.82) is 0 Å². The fourth-order valence-electron chi connectivity index (χ4n) is 1.82. The van der Waals surface area contributed by atoms with Crippen LogP contribution < -0.4 is 5.32 Å². The predicted octanol–water partition coefficient (Wildman–Crippen LogP) is 3.20. The van der Waals surface area contributed by atoms with Gasteiger partial charge >= 0.3 is 0 Å². The first-order chi connectivity index (χ1) is 9.19. The number of nitrogens with one attached hydrogen (secondary N) is 2. The maximum atomic E-state index is 11.9. The SMILES string of the molecule is CCCc1cc(NC(=O)Cc2ccccc2Cl)n[nH]1. The molecule has 0 aliphatic rings. The number of carbonyl (C=O) groups is 1. The molecule has 0 saturated carbocycles. The minimum atomic E-state index is -0.123. The van der Waals surface area contributed by atoms with Crippen LogP contribution in [-0.4, -0.2) is 16.1 Å². The molecule has 2 aromatic rings. The molecule has 0 fully saturated rings. The largest absolute Gasteiger partial charge is 0.309 e. The molecule has 1 aromatic carbocycles. The average Bonchev–Trinajstić information content (AvgIpc) is 2.80. The van der Waals surface area contributed by atoms with Gasteiger partial charge in [-0.1, -0.05) is 43.1 Å². The third kappa shape index (κ3) is 3.83. The number of anilines is 1. The number of hydrogen-bond donors (Lipinski definition) is 2. The van der Waals surface area contributed by atoms with E-state index in [0.717, 1.165) is 24.1 Å². The highest BCUT2D eigenvalue weighted by Crippen LogP contribution is 2.16. The van der Waals surface area contributed by atoms with Crippen LogP contribution in [0.4, 0.5) is 5.82 Å². The Balaban J connectivity index is 1.95. The Morgan fingerprint density at radius 3 is 2.95 bits per heavy atom. The minimum absolute atomic E-state index is 0.123. The summed E-state index contributed by atoms with van der Waals surface area (Å²) in [5.41, 5.74) is 1.83. The molecular weight excluding hydrogens is 262 g/mol. The van der Waals surface area contributed by atoms with E-state index in [9.17, 15) is 4.79 Å². The molecule has 1 heterocycles. The number of hydrogen-bond acceptors (Lipinski definition) is 2. The van der Waals surface area contributed by atoms with Crippen LogP contribution in [-0.2, 0) is 17.6 Å². The topological polar surface area (TPSA) is 57.8 Å². The molecule has 0 radical (unpaired) electrons. The number of carbonyl (C=O) groups excluding carboxylic acids is 1. The summed E-state index contributed by atoms with van der Waals surface area (Å²) in [6.07, 6.45) is 2.21. The molecule has 4 nitrogen and oxygen atoms in total. The summed E-state index contributed by atoms with van der Waals surface area (Å²) in [6, 6.07) is 9.18. The summed E-state index contributed by atoms with van der Waals surface area (Å²) in [5, 5.41) is 10.3. The van der Waals surface area contributed by atoms with E-state index in [1.165, 1.54) is 0 Å². The summed E-state index contributed by atoms with van der Waals surface area (Å²) in [5.74, 6) is 0.433. The van der Waals surface area contributed by atoms with Crippen LogP contribution in [0, 0.1) is 0 Å². The molecule has 0 bridgehead atoms. The van der Waals surface area contributed by atoms with E-state index >= 15 is 0 Å². The second kappa shape index (κ2) is 6.38. The number of nitrogens with zero attached hydrogens (tertiary/aromatic N) is 1. The van der Waals surface area contributed by atoms with Crippen molar-refractivity contribution in [2.75, 3.05) is 5.32 Å². The van der Waals surface area contributed by atoms with Crippen molar-refractivity contribution in [1.82, 2.24) is 10.2 Å². The maximum absolute atomic E-state index is 11.9. The Morgan fingerprint density at radius 1 is 1.42 bits per heavy atom. The normalized spacial score (nSPS) is 10.4. The molecule has 0 saturated heterocycles. The van der Waals surface area contributed by atoms with E-state index in [1.54, 1.807) is 6.07 Å². The average molecular weight is 278 g/mol. The number of benzene rings is 1. The molecule has 0 atom stereocenters. The van der Waals surface area contributed by atoms with Gasteiger partial charge in [-0.3, -0.25) is 9.89 Å². The van der Waals surface area contributed by atoms with Gasteiger partial charge in [-0.2, -0.15) is 5.10 Å². The minimum Gasteiger partial charge on any atom is -0.309 e. The fraction of sp³-hybridized carbons (Fsp3) is 0.286. The lowest BCUT2D eigenvalue weighted by Gasteiger charge is -2.03. The fourth-order valence-corrected chi connectivity index (χ4v) is 2.03. The van der Waals surface area contributed by atoms with Crippen molar-refractivity contribution in [3.05, 3.63) is 46.6 Å². The van der Waals surface area contributed by atoms with Gasteiger partial charge in [0.15, 0.2) is 5.82 Å². The number of aromatic amines is 1. The summed E-state index contributed by atoms with van der Waals surface area (Å²) >= 11 is 6.01. The molecule has 5 heteroatoms. The van der Waals surface area contributed by atoms with Gasteiger partial charge in [0.05, 0.1) is 6.42 Å². The van der Waals surface area contributed by atoms with Crippen LogP contribution in [0.2, 0.25) is 5.02 Å². The van der Waals surface area contributed by atoms with E-state index in [1.807, 2.05) is 24.3 Å². The Labute approximate surface area is 117 Å². The Hall–Kier alpha value is -1.81. The van der Waals surface area contributed by atoms with Crippen molar-refractivity contribution in [3.63, 3.8) is 0 Å². The van der Waals surface area contributed by atoms with E-state index in [-0.39, 0.29) is 12.3 Å². The van der Waals surface area contributed by atoms with Crippen LogP contribution in [0.3, 0.4) is 0 Å². The second-order valence-corrected chi connectivity index (χ2v) is 4.75. The van der Waals surface area contributed by atoms with E-state index < -0.39 is 0 Å². The molecular formula is C14H16ClN3O. The molecule has 1 aromatic heterocycles. The Morgan fingerprint density at radius 2 is 2.21 bits per heavy atom. The first-order valence-corrected chi connectivity index (χ1v) is 6.64. The van der Waals surface area contributed by atoms with Crippen molar-refractivity contribution >= 4 is 23.3 Å². The zero-order valence-electron chi connectivity index (χ0n) is 10.7. The zero-order valence-corrected chi connectivity index (χ0v) is 11.5. The lowest BCUT2D eigenvalue weighted by atomic mass is 10.1. The van der Waals surface area contributed by atoms with E-state index in [0.29, 0.717) is 10.8 Å². The van der Waals surface area contributed by atoms with Gasteiger partial charge in [0, 0.05) is 16.8 Å². The van der Waals surface area contributed by atoms with Gasteiger partial charge in [-0.25, -0.2) is 0 Å². The number of H-pyrrole nitrogens is 1. The molecule has 0 unspecified atom stereocenters.